The van der Waals surface area contributed by atoms with Crippen molar-refractivity contribution < 1.29 is 27.8 Å². The van der Waals surface area contributed by atoms with E-state index in [1.165, 1.54) is 37.4 Å². The summed E-state index contributed by atoms with van der Waals surface area (Å²) in [6, 6.07) is 0.524. The first-order chi connectivity index (χ1) is 19.2. The van der Waals surface area contributed by atoms with E-state index in [1.807, 2.05) is 6.92 Å². The van der Waals surface area contributed by atoms with E-state index < -0.39 is 23.1 Å². The van der Waals surface area contributed by atoms with Crippen LogP contribution >= 0.6 is 0 Å². The highest BCUT2D eigenvalue weighted by atomic mass is 19.1. The molecule has 0 radical (unpaired) electrons. The Morgan fingerprint density at radius 3 is 2.73 bits per heavy atom. The Morgan fingerprint density at radius 2 is 2.08 bits per heavy atom. The van der Waals surface area contributed by atoms with Crippen LogP contribution in [0.5, 0.6) is 0 Å². The van der Waals surface area contributed by atoms with Crippen LogP contribution in [0.2, 0.25) is 0 Å². The Morgan fingerprint density at radius 1 is 1.30 bits per heavy atom. The molecular formula is C27H31F2N7O4. The number of primary amides is 1. The Bertz CT molecular complexity index is 1500. The fraction of sp³-hybridized carbons (Fsp3) is 0.407. The maximum atomic E-state index is 15.2. The van der Waals surface area contributed by atoms with Gasteiger partial charge < -0.3 is 30.0 Å². The lowest BCUT2D eigenvalue weighted by Crippen LogP contribution is -2.37. The average Bonchev–Trinajstić information content (AvgIpc) is 3.63. The van der Waals surface area contributed by atoms with Gasteiger partial charge in [-0.15, -0.1) is 0 Å². The molecule has 3 heterocycles. The van der Waals surface area contributed by atoms with Crippen LogP contribution in [-0.2, 0) is 20.8 Å². The number of anilines is 1. The summed E-state index contributed by atoms with van der Waals surface area (Å²) in [5, 5.41) is 7.64. The van der Waals surface area contributed by atoms with E-state index in [-0.39, 0.29) is 53.7 Å². The zero-order valence-corrected chi connectivity index (χ0v) is 22.5. The molecule has 0 unspecified atom stereocenters. The lowest BCUT2D eigenvalue weighted by Gasteiger charge is -2.22. The number of halogens is 2. The molecule has 1 aliphatic heterocycles. The van der Waals surface area contributed by atoms with Crippen LogP contribution in [0.1, 0.15) is 41.0 Å². The van der Waals surface area contributed by atoms with Gasteiger partial charge in [-0.2, -0.15) is 5.10 Å². The number of likely N-dealkylation sites (tertiary alicyclic amines) is 1. The second-order valence-corrected chi connectivity index (χ2v) is 9.19. The highest BCUT2D eigenvalue weighted by Gasteiger charge is 2.38. The van der Waals surface area contributed by atoms with Crippen molar-refractivity contribution in [1.29, 1.82) is 0 Å². The lowest BCUT2D eigenvalue weighted by atomic mass is 10.1. The van der Waals surface area contributed by atoms with E-state index in [9.17, 15) is 14.0 Å². The van der Waals surface area contributed by atoms with Gasteiger partial charge in [0, 0.05) is 39.9 Å². The number of rotatable bonds is 10. The third-order valence-electron chi connectivity index (χ3n) is 6.76. The van der Waals surface area contributed by atoms with Gasteiger partial charge in [-0.3, -0.25) is 9.59 Å². The molecule has 13 heteroatoms. The van der Waals surface area contributed by atoms with Crippen LogP contribution in [0.25, 0.3) is 11.0 Å². The number of hydrogen-bond donors (Lipinski definition) is 2. The van der Waals surface area contributed by atoms with Crippen molar-refractivity contribution >= 4 is 28.7 Å². The molecule has 1 aliphatic rings. The first-order valence-corrected chi connectivity index (χ1v) is 12.7. The number of ether oxygens (including phenoxy) is 2. The van der Waals surface area contributed by atoms with Gasteiger partial charge in [0.15, 0.2) is 11.5 Å². The summed E-state index contributed by atoms with van der Waals surface area (Å²) in [4.78, 5) is 30.8. The number of imidazole rings is 1. The standard InChI is InChI=1S/C27H31F2N7O4/c1-5-22(37)35-13-16(11-17(35)14-40-4)36-27(31-9-10-39-3)23(26(30)38)20(33-36)8-7-18-19(28)12-21-25(24(18)29)32-15-34(21)6-2/h5,12,15-17,31H,1,6,9-11,13-14H2,2-4H3,(H2,30,38)/t16-,17+/m0/s1. The summed E-state index contributed by atoms with van der Waals surface area (Å²) < 4.78 is 43.7. The topological polar surface area (TPSA) is 130 Å². The Balaban J connectivity index is 1.81. The van der Waals surface area contributed by atoms with Crippen molar-refractivity contribution in [2.75, 3.05) is 45.8 Å². The van der Waals surface area contributed by atoms with E-state index in [4.69, 9.17) is 15.2 Å². The molecule has 40 heavy (non-hydrogen) atoms. The van der Waals surface area contributed by atoms with E-state index in [0.29, 0.717) is 31.6 Å². The zero-order valence-electron chi connectivity index (χ0n) is 22.5. The monoisotopic (exact) mass is 555 g/mol. The van der Waals surface area contributed by atoms with Crippen molar-refractivity contribution in [2.45, 2.75) is 32.0 Å². The molecule has 1 aromatic carbocycles. The minimum Gasteiger partial charge on any atom is -0.383 e. The SMILES string of the molecule is C=CC(=O)N1C[C@@H](n2nc(C#Cc3c(F)cc4c(ncn4CC)c3F)c(C(N)=O)c2NCCOC)C[C@@H]1COC. The first-order valence-electron chi connectivity index (χ1n) is 12.7. The Kier molecular flexibility index (Phi) is 8.81. The van der Waals surface area contributed by atoms with Gasteiger partial charge in [0.25, 0.3) is 5.91 Å². The summed E-state index contributed by atoms with van der Waals surface area (Å²) in [7, 11) is 3.07. The molecule has 2 amide bonds. The third-order valence-corrected chi connectivity index (χ3v) is 6.76. The Labute approximate surface area is 229 Å². The molecule has 1 fully saturated rings. The number of aryl methyl sites for hydroxylation is 1. The minimum absolute atomic E-state index is 0.0164. The number of nitrogens with zero attached hydrogens (tertiary/aromatic N) is 5. The normalized spacial score (nSPS) is 16.7. The van der Waals surface area contributed by atoms with Crippen LogP contribution < -0.4 is 11.1 Å². The average molecular weight is 556 g/mol. The molecule has 2 aromatic heterocycles. The van der Waals surface area contributed by atoms with Gasteiger partial charge in [0.05, 0.1) is 42.7 Å². The number of fused-ring (bicyclic) bond motifs is 1. The van der Waals surface area contributed by atoms with E-state index >= 15 is 4.39 Å². The van der Waals surface area contributed by atoms with Crippen LogP contribution in [0, 0.1) is 23.5 Å². The highest BCUT2D eigenvalue weighted by Crippen LogP contribution is 2.33. The molecule has 1 saturated heterocycles. The van der Waals surface area contributed by atoms with E-state index in [0.717, 1.165) is 0 Å². The molecule has 0 saturated carbocycles. The smallest absolute Gasteiger partial charge is 0.255 e. The van der Waals surface area contributed by atoms with Crippen molar-refractivity contribution in [3.63, 3.8) is 0 Å². The number of carbonyl (C=O) groups excluding carboxylic acids is 2. The van der Waals surface area contributed by atoms with Crippen molar-refractivity contribution in [3.05, 3.63) is 53.5 Å². The zero-order chi connectivity index (χ0) is 29.0. The second kappa shape index (κ2) is 12.3. The van der Waals surface area contributed by atoms with E-state index in [1.54, 1.807) is 9.47 Å². The molecule has 212 valence electrons. The molecule has 3 aromatic rings. The van der Waals surface area contributed by atoms with Crippen molar-refractivity contribution in [1.82, 2.24) is 24.2 Å². The van der Waals surface area contributed by atoms with E-state index in [2.05, 4.69) is 33.8 Å². The summed E-state index contributed by atoms with van der Waals surface area (Å²) >= 11 is 0. The van der Waals surface area contributed by atoms with Gasteiger partial charge in [-0.25, -0.2) is 18.4 Å². The quantitative estimate of drug-likeness (QED) is 0.223. The van der Waals surface area contributed by atoms with Crippen LogP contribution in [0.15, 0.2) is 25.0 Å². The van der Waals surface area contributed by atoms with Crippen LogP contribution in [-0.4, -0.2) is 82.6 Å². The van der Waals surface area contributed by atoms with Crippen molar-refractivity contribution in [3.8, 4) is 11.8 Å². The Hall–Kier alpha value is -4.28. The summed E-state index contributed by atoms with van der Waals surface area (Å²) in [6.45, 7) is 7.04. The third kappa shape index (κ3) is 5.41. The predicted molar refractivity (Wildman–Crippen MR) is 144 cm³/mol. The fourth-order valence-electron chi connectivity index (χ4n) is 4.88. The molecule has 0 spiro atoms. The molecule has 0 bridgehead atoms. The molecule has 0 aliphatic carbocycles. The summed E-state index contributed by atoms with van der Waals surface area (Å²) in [5.41, 5.74) is 5.41. The van der Waals surface area contributed by atoms with Gasteiger partial charge in [0.2, 0.25) is 5.91 Å². The number of carbonyl (C=O) groups is 2. The first kappa shape index (κ1) is 28.7. The van der Waals surface area contributed by atoms with Crippen molar-refractivity contribution in [2.24, 2.45) is 5.73 Å². The minimum atomic E-state index is -0.912. The fourth-order valence-corrected chi connectivity index (χ4v) is 4.88. The number of amides is 2. The second-order valence-electron chi connectivity index (χ2n) is 9.19. The number of nitrogens with two attached hydrogens (primary N) is 1. The van der Waals surface area contributed by atoms with Crippen LogP contribution in [0.4, 0.5) is 14.6 Å². The summed E-state index contributed by atoms with van der Waals surface area (Å²) in [5.74, 6) is 2.51. The maximum absolute atomic E-state index is 15.2. The predicted octanol–water partition coefficient (Wildman–Crippen LogP) is 2.06. The number of hydrogen-bond acceptors (Lipinski definition) is 7. The highest BCUT2D eigenvalue weighted by molar-refractivity contribution is 6.00. The molecule has 3 N–H and O–H groups in total. The summed E-state index contributed by atoms with van der Waals surface area (Å²) in [6.07, 6.45) is 3.11. The maximum Gasteiger partial charge on any atom is 0.255 e. The number of nitrogens with one attached hydrogen (secondary N) is 1. The molecule has 11 nitrogen and oxygen atoms in total. The van der Waals surface area contributed by atoms with Gasteiger partial charge in [-0.05, 0) is 25.3 Å². The molecular weight excluding hydrogens is 524 g/mol. The van der Waals surface area contributed by atoms with Crippen LogP contribution in [0.3, 0.4) is 0 Å². The van der Waals surface area contributed by atoms with Gasteiger partial charge >= 0.3 is 0 Å². The largest absolute Gasteiger partial charge is 0.383 e. The van der Waals surface area contributed by atoms with Gasteiger partial charge in [-0.1, -0.05) is 12.5 Å². The number of benzene rings is 1. The molecule has 4 rings (SSSR count). The van der Waals surface area contributed by atoms with Gasteiger partial charge in [0.1, 0.15) is 22.7 Å². The molecule has 2 atom stereocenters. The lowest BCUT2D eigenvalue weighted by molar-refractivity contribution is -0.127. The number of aromatic nitrogens is 4. The number of methoxy groups -OCH3 is 2.